The summed E-state index contributed by atoms with van der Waals surface area (Å²) in [6.45, 7) is 1.88. The lowest BCUT2D eigenvalue weighted by atomic mass is 10.1. The molecule has 1 aliphatic heterocycles. The summed E-state index contributed by atoms with van der Waals surface area (Å²) in [7, 11) is 0. The largest absolute Gasteiger partial charge is 0.423 e. The van der Waals surface area contributed by atoms with Gasteiger partial charge < -0.3 is 14.2 Å². The standard InChI is InChI=1S/C19H16F3N5O2/c20-19(21,22)15-5-6-16(23-11-15)26-7-9-27(10-8-26)18(28)14-3-1-13(2-4-14)17-25-24-12-29-17/h1-6,11-12H,7-10H2. The van der Waals surface area contributed by atoms with Crippen LogP contribution in [0.2, 0.25) is 0 Å². The molecule has 1 fully saturated rings. The number of amides is 1. The highest BCUT2D eigenvalue weighted by molar-refractivity contribution is 5.94. The molecule has 0 unspecified atom stereocenters. The second kappa shape index (κ2) is 7.53. The molecular formula is C19H16F3N5O2. The number of rotatable bonds is 3. The number of nitrogens with zero attached hydrogens (tertiary/aromatic N) is 5. The van der Waals surface area contributed by atoms with Gasteiger partial charge in [-0.1, -0.05) is 0 Å². The average molecular weight is 403 g/mol. The highest BCUT2D eigenvalue weighted by Crippen LogP contribution is 2.29. The minimum atomic E-state index is -4.41. The number of aromatic nitrogens is 3. The Kier molecular flexibility index (Phi) is 4.91. The monoisotopic (exact) mass is 403 g/mol. The van der Waals surface area contributed by atoms with Crippen molar-refractivity contribution in [1.82, 2.24) is 20.1 Å². The van der Waals surface area contributed by atoms with Crippen molar-refractivity contribution in [2.45, 2.75) is 6.18 Å². The Balaban J connectivity index is 1.37. The number of anilines is 1. The van der Waals surface area contributed by atoms with E-state index < -0.39 is 11.7 Å². The van der Waals surface area contributed by atoms with Crippen LogP contribution in [-0.4, -0.2) is 52.2 Å². The maximum Gasteiger partial charge on any atom is 0.417 e. The first-order valence-corrected chi connectivity index (χ1v) is 8.86. The molecule has 1 aliphatic rings. The number of piperazine rings is 1. The van der Waals surface area contributed by atoms with Gasteiger partial charge in [0, 0.05) is 43.5 Å². The molecular weight excluding hydrogens is 387 g/mol. The van der Waals surface area contributed by atoms with Gasteiger partial charge in [-0.05, 0) is 36.4 Å². The van der Waals surface area contributed by atoms with Crippen LogP contribution in [0.4, 0.5) is 19.0 Å². The van der Waals surface area contributed by atoms with E-state index >= 15 is 0 Å². The second-order valence-corrected chi connectivity index (χ2v) is 6.50. The van der Waals surface area contributed by atoms with Gasteiger partial charge in [0.25, 0.3) is 5.91 Å². The van der Waals surface area contributed by atoms with Crippen LogP contribution in [-0.2, 0) is 6.18 Å². The van der Waals surface area contributed by atoms with Gasteiger partial charge in [0.15, 0.2) is 0 Å². The summed E-state index contributed by atoms with van der Waals surface area (Å²) in [4.78, 5) is 20.2. The van der Waals surface area contributed by atoms with Crippen LogP contribution in [0.15, 0.2) is 53.4 Å². The Morgan fingerprint density at radius 1 is 1.00 bits per heavy atom. The number of halogens is 3. The number of pyridine rings is 1. The van der Waals surface area contributed by atoms with Crippen molar-refractivity contribution in [2.75, 3.05) is 31.1 Å². The van der Waals surface area contributed by atoms with Crippen molar-refractivity contribution in [1.29, 1.82) is 0 Å². The summed E-state index contributed by atoms with van der Waals surface area (Å²) in [5.74, 6) is 0.734. The van der Waals surface area contributed by atoms with E-state index in [0.29, 0.717) is 43.5 Å². The second-order valence-electron chi connectivity index (χ2n) is 6.50. The molecule has 10 heteroatoms. The Morgan fingerprint density at radius 2 is 1.72 bits per heavy atom. The number of carbonyl (C=O) groups excluding carboxylic acids is 1. The highest BCUT2D eigenvalue weighted by Gasteiger charge is 2.31. The Bertz CT molecular complexity index is 965. The Labute approximate surface area is 163 Å². The first-order valence-electron chi connectivity index (χ1n) is 8.86. The molecule has 150 valence electrons. The average Bonchev–Trinajstić information content (AvgIpc) is 3.28. The fraction of sp³-hybridized carbons (Fsp3) is 0.263. The zero-order valence-corrected chi connectivity index (χ0v) is 15.1. The van der Waals surface area contributed by atoms with Gasteiger partial charge in [0.05, 0.1) is 5.56 Å². The van der Waals surface area contributed by atoms with Crippen LogP contribution in [0.25, 0.3) is 11.5 Å². The minimum absolute atomic E-state index is 0.109. The topological polar surface area (TPSA) is 75.4 Å². The van der Waals surface area contributed by atoms with E-state index in [4.69, 9.17) is 4.42 Å². The summed E-state index contributed by atoms with van der Waals surface area (Å²) in [6.07, 6.45) is -2.34. The van der Waals surface area contributed by atoms with E-state index in [1.807, 2.05) is 4.90 Å². The summed E-state index contributed by atoms with van der Waals surface area (Å²) in [5, 5.41) is 7.44. The number of carbonyl (C=O) groups is 1. The predicted molar refractivity (Wildman–Crippen MR) is 97.1 cm³/mol. The van der Waals surface area contributed by atoms with Crippen LogP contribution in [0.3, 0.4) is 0 Å². The summed E-state index contributed by atoms with van der Waals surface area (Å²) >= 11 is 0. The zero-order valence-electron chi connectivity index (χ0n) is 15.1. The van der Waals surface area contributed by atoms with Gasteiger partial charge >= 0.3 is 6.18 Å². The van der Waals surface area contributed by atoms with E-state index in [1.54, 1.807) is 29.2 Å². The third kappa shape index (κ3) is 4.05. The molecule has 7 nitrogen and oxygen atoms in total. The first kappa shape index (κ1) is 18.9. The first-order chi connectivity index (χ1) is 13.9. The van der Waals surface area contributed by atoms with Crippen molar-refractivity contribution < 1.29 is 22.4 Å². The van der Waals surface area contributed by atoms with Gasteiger partial charge in [-0.15, -0.1) is 10.2 Å². The van der Waals surface area contributed by atoms with E-state index in [1.165, 1.54) is 12.5 Å². The lowest BCUT2D eigenvalue weighted by Crippen LogP contribution is -2.49. The molecule has 0 radical (unpaired) electrons. The van der Waals surface area contributed by atoms with Crippen LogP contribution in [0.1, 0.15) is 15.9 Å². The van der Waals surface area contributed by atoms with Crippen molar-refractivity contribution in [2.24, 2.45) is 0 Å². The molecule has 29 heavy (non-hydrogen) atoms. The number of benzene rings is 1. The van der Waals surface area contributed by atoms with Crippen LogP contribution < -0.4 is 4.90 Å². The predicted octanol–water partition coefficient (Wildman–Crippen LogP) is 3.11. The van der Waals surface area contributed by atoms with Crippen LogP contribution >= 0.6 is 0 Å². The lowest BCUT2D eigenvalue weighted by Gasteiger charge is -2.35. The quantitative estimate of drug-likeness (QED) is 0.669. The van der Waals surface area contributed by atoms with Crippen molar-refractivity contribution in [3.63, 3.8) is 0 Å². The van der Waals surface area contributed by atoms with Crippen molar-refractivity contribution in [3.05, 3.63) is 60.1 Å². The zero-order chi connectivity index (χ0) is 20.4. The smallest absolute Gasteiger partial charge is 0.417 e. The van der Waals surface area contributed by atoms with Gasteiger partial charge in [0.1, 0.15) is 5.82 Å². The van der Waals surface area contributed by atoms with Crippen LogP contribution in [0.5, 0.6) is 0 Å². The number of hydrogen-bond acceptors (Lipinski definition) is 6. The molecule has 0 aliphatic carbocycles. The van der Waals surface area contributed by atoms with E-state index in [2.05, 4.69) is 15.2 Å². The maximum atomic E-state index is 12.7. The SMILES string of the molecule is O=C(c1ccc(-c2nnco2)cc1)N1CCN(c2ccc(C(F)(F)F)cn2)CC1. The molecule has 2 aromatic heterocycles. The van der Waals surface area contributed by atoms with Gasteiger partial charge in [-0.2, -0.15) is 13.2 Å². The molecule has 0 saturated carbocycles. The van der Waals surface area contributed by atoms with Crippen LogP contribution in [0, 0.1) is 0 Å². The summed E-state index contributed by atoms with van der Waals surface area (Å²) < 4.78 is 43.1. The minimum Gasteiger partial charge on any atom is -0.423 e. The van der Waals surface area contributed by atoms with E-state index in [0.717, 1.165) is 17.8 Å². The molecule has 0 atom stereocenters. The maximum absolute atomic E-state index is 12.7. The molecule has 0 N–H and O–H groups in total. The van der Waals surface area contributed by atoms with Crippen molar-refractivity contribution >= 4 is 11.7 Å². The third-order valence-electron chi connectivity index (χ3n) is 4.70. The fourth-order valence-electron chi connectivity index (χ4n) is 3.12. The number of hydrogen-bond donors (Lipinski definition) is 0. The van der Waals surface area contributed by atoms with Gasteiger partial charge in [-0.25, -0.2) is 4.98 Å². The molecule has 0 spiro atoms. The Morgan fingerprint density at radius 3 is 2.28 bits per heavy atom. The molecule has 0 bridgehead atoms. The normalized spacial score (nSPS) is 14.9. The van der Waals surface area contributed by atoms with E-state index in [-0.39, 0.29) is 5.91 Å². The highest BCUT2D eigenvalue weighted by atomic mass is 19.4. The number of alkyl halides is 3. The molecule has 1 aromatic carbocycles. The molecule has 4 rings (SSSR count). The molecule has 3 aromatic rings. The molecule has 1 saturated heterocycles. The molecule has 3 heterocycles. The fourth-order valence-corrected chi connectivity index (χ4v) is 3.12. The Hall–Kier alpha value is -3.43. The molecule has 1 amide bonds. The van der Waals surface area contributed by atoms with Gasteiger partial charge in [0.2, 0.25) is 12.3 Å². The summed E-state index contributed by atoms with van der Waals surface area (Å²) in [5.41, 5.74) is 0.477. The summed E-state index contributed by atoms with van der Waals surface area (Å²) in [6, 6.07) is 9.25. The van der Waals surface area contributed by atoms with Gasteiger partial charge in [-0.3, -0.25) is 4.79 Å². The van der Waals surface area contributed by atoms with Crippen molar-refractivity contribution in [3.8, 4) is 11.5 Å². The third-order valence-corrected chi connectivity index (χ3v) is 4.70. The lowest BCUT2D eigenvalue weighted by molar-refractivity contribution is -0.137. The van der Waals surface area contributed by atoms with E-state index in [9.17, 15) is 18.0 Å².